The minimum atomic E-state index is -7.06. The van der Waals surface area contributed by atoms with Gasteiger partial charge >= 0.3 is 33.5 Å². The Bertz CT molecular complexity index is 1520. The van der Waals surface area contributed by atoms with Crippen molar-refractivity contribution in [1.82, 2.24) is 5.32 Å². The van der Waals surface area contributed by atoms with Crippen LogP contribution in [0, 0.1) is 0 Å². The third-order valence-corrected chi connectivity index (χ3v) is 11.6. The first-order valence-corrected chi connectivity index (χ1v) is 22.4. The van der Waals surface area contributed by atoms with Crippen LogP contribution in [0.25, 0.3) is 0 Å². The lowest BCUT2D eigenvalue weighted by atomic mass is 9.97. The largest absolute Gasteiger partial charge is 0.460 e. The van der Waals surface area contributed by atoms with E-state index in [1.54, 1.807) is 37.3 Å². The summed E-state index contributed by atoms with van der Waals surface area (Å²) in [7, 11) is -6.13. The molecular formula is C40H61F8NO11S. The van der Waals surface area contributed by atoms with E-state index in [9.17, 15) is 39.6 Å². The minimum absolute atomic E-state index is 0.0149. The number of hydrogen-bond donors (Lipinski definition) is 1. The summed E-state index contributed by atoms with van der Waals surface area (Å²) in [5, 5.41) is -3.90. The van der Waals surface area contributed by atoms with E-state index in [2.05, 4.69) is 14.2 Å². The molecule has 21 heteroatoms. The van der Waals surface area contributed by atoms with Gasteiger partial charge < -0.3 is 33.7 Å². The van der Waals surface area contributed by atoms with E-state index in [1.807, 2.05) is 6.92 Å². The number of halogens is 8. The number of methoxy groups -OCH3 is 1. The lowest BCUT2D eigenvalue weighted by Gasteiger charge is -2.48. The van der Waals surface area contributed by atoms with Gasteiger partial charge in [0, 0.05) is 38.7 Å². The Morgan fingerprint density at radius 2 is 1.33 bits per heavy atom. The van der Waals surface area contributed by atoms with Crippen LogP contribution in [0.5, 0.6) is 0 Å². The van der Waals surface area contributed by atoms with Gasteiger partial charge in [-0.15, -0.1) is 0 Å². The lowest BCUT2D eigenvalue weighted by Crippen LogP contribution is -2.65. The van der Waals surface area contributed by atoms with Crippen molar-refractivity contribution >= 4 is 16.0 Å². The third-order valence-electron chi connectivity index (χ3n) is 10.2. The van der Waals surface area contributed by atoms with Gasteiger partial charge in [0.1, 0.15) is 25.1 Å². The first-order chi connectivity index (χ1) is 28.8. The highest BCUT2D eigenvalue weighted by molar-refractivity contribution is 7.87. The van der Waals surface area contributed by atoms with Crippen LogP contribution in [-0.2, 0) is 52.3 Å². The molecule has 0 aromatic heterocycles. The van der Waals surface area contributed by atoms with Crippen molar-refractivity contribution in [1.29, 1.82) is 0 Å². The number of rotatable bonds is 31. The van der Waals surface area contributed by atoms with Gasteiger partial charge in [-0.2, -0.15) is 43.5 Å². The third kappa shape index (κ3) is 15.8. The lowest BCUT2D eigenvalue weighted by molar-refractivity contribution is -0.457. The summed E-state index contributed by atoms with van der Waals surface area (Å²) in [4.78, 5) is 11.4. The molecule has 0 spiro atoms. The van der Waals surface area contributed by atoms with E-state index < -0.39 is 90.1 Å². The molecule has 354 valence electrons. The zero-order chi connectivity index (χ0) is 45.2. The average molecular weight is 916 g/mol. The summed E-state index contributed by atoms with van der Waals surface area (Å²) in [5.74, 6) is -5.32. The van der Waals surface area contributed by atoms with Crippen molar-refractivity contribution in [2.45, 2.75) is 177 Å². The molecule has 2 aliphatic rings. The number of ether oxygens (including phenoxy) is 7. The molecule has 1 N–H and O–H groups in total. The number of carbonyl (C=O) groups is 1. The van der Waals surface area contributed by atoms with Crippen LogP contribution in [0.1, 0.15) is 128 Å². The predicted octanol–water partition coefficient (Wildman–Crippen LogP) is 9.37. The van der Waals surface area contributed by atoms with Crippen molar-refractivity contribution < 1.29 is 85.7 Å². The van der Waals surface area contributed by atoms with Crippen molar-refractivity contribution in [3.63, 3.8) is 0 Å². The van der Waals surface area contributed by atoms with Gasteiger partial charge in [-0.1, -0.05) is 107 Å². The monoisotopic (exact) mass is 915 g/mol. The maximum absolute atomic E-state index is 15.2. The van der Waals surface area contributed by atoms with Crippen LogP contribution >= 0.6 is 0 Å². The number of amides is 1. The molecule has 1 aromatic rings. The summed E-state index contributed by atoms with van der Waals surface area (Å²) in [5.41, 5.74) is 0.465. The molecule has 2 fully saturated rings. The van der Waals surface area contributed by atoms with E-state index in [4.69, 9.17) is 28.4 Å². The fourth-order valence-corrected chi connectivity index (χ4v) is 7.80. The molecule has 61 heavy (non-hydrogen) atoms. The van der Waals surface area contributed by atoms with E-state index in [1.165, 1.54) is 0 Å². The van der Waals surface area contributed by atoms with E-state index in [-0.39, 0.29) is 25.5 Å². The molecule has 0 bridgehead atoms. The highest BCUT2D eigenvalue weighted by Gasteiger charge is 2.75. The van der Waals surface area contributed by atoms with Crippen LogP contribution in [0.15, 0.2) is 30.3 Å². The second-order valence-corrected chi connectivity index (χ2v) is 16.6. The molecule has 1 amide bonds. The standard InChI is InChI=1S/C40H61F8NO11S/c1-4-49-31(50)25-21-16-14-12-10-8-6-7-9-11-13-15-17-22-26-37(41,42)38(43,44)60-39(45,46)40(47,48)61(51,52)59-34-33(56-28-54-5-2)32-30(57-36(34)53-3)27-55-35(58-32)29-23-19-18-20-24-29/h18-20,23-24,30,32-36H,4-17,21-22,25-28H2,1-3H3,(H,49,50)/t30-,32-,33+,34+,35?,36-/m1/s1. The smallest absolute Gasteiger partial charge is 0.356 e. The summed E-state index contributed by atoms with van der Waals surface area (Å²) in [6, 6.07) is 8.21. The van der Waals surface area contributed by atoms with E-state index in [0.717, 1.165) is 71.3 Å². The van der Waals surface area contributed by atoms with Crippen LogP contribution < -0.4 is 5.32 Å². The Morgan fingerprint density at radius 3 is 1.87 bits per heavy atom. The highest BCUT2D eigenvalue weighted by atomic mass is 32.2. The molecule has 0 aliphatic carbocycles. The molecular weight excluding hydrogens is 854 g/mol. The predicted molar refractivity (Wildman–Crippen MR) is 204 cm³/mol. The van der Waals surface area contributed by atoms with Crippen LogP contribution in [0.4, 0.5) is 35.1 Å². The number of alkyl halides is 8. The van der Waals surface area contributed by atoms with Gasteiger partial charge in [-0.3, -0.25) is 8.98 Å². The molecule has 0 radical (unpaired) electrons. The fourth-order valence-electron chi connectivity index (χ4n) is 6.85. The number of carbonyl (C=O) groups excluding carboxylic acids is 1. The van der Waals surface area contributed by atoms with Crippen LogP contribution in [0.2, 0.25) is 0 Å². The summed E-state index contributed by atoms with van der Waals surface area (Å²) in [6.45, 7) is 3.25. The number of nitrogens with one attached hydrogen (secondary N) is 1. The summed E-state index contributed by atoms with van der Waals surface area (Å²) >= 11 is 0. The number of unbranched alkanes of at least 4 members (excludes halogenated alkanes) is 13. The topological polar surface area (TPSA) is 137 Å². The van der Waals surface area contributed by atoms with Crippen LogP contribution in [-0.4, -0.2) is 102 Å². The van der Waals surface area contributed by atoms with Gasteiger partial charge in [0.15, 0.2) is 18.7 Å². The van der Waals surface area contributed by atoms with Crippen LogP contribution in [0.3, 0.4) is 0 Å². The fraction of sp³-hybridized carbons (Fsp3) is 0.825. The SMILES string of the molecule is CCNC(=O)CCCCCCCCCCCCCCCCC(F)(F)C(F)(F)OC(F)(F)C(F)(F)S(=O)(=O)O[C@@H]1[C@H](OC)O[C@@H]2COC(c3ccccc3)O[C@H]2[C@@H]1OCOCC. The van der Waals surface area contributed by atoms with Crippen molar-refractivity contribution in [3.05, 3.63) is 35.9 Å². The van der Waals surface area contributed by atoms with E-state index >= 15 is 8.78 Å². The second-order valence-electron chi connectivity index (χ2n) is 15.0. The highest BCUT2D eigenvalue weighted by Crippen LogP contribution is 2.49. The molecule has 1 unspecified atom stereocenters. The molecule has 2 aliphatic heterocycles. The normalized spacial score (nSPS) is 22.9. The Morgan fingerprint density at radius 1 is 0.770 bits per heavy atom. The molecule has 2 saturated heterocycles. The Hall–Kier alpha value is -2.24. The molecule has 0 saturated carbocycles. The van der Waals surface area contributed by atoms with Gasteiger partial charge in [0.25, 0.3) is 0 Å². The number of fused-ring (bicyclic) bond motifs is 1. The van der Waals surface area contributed by atoms with Gasteiger partial charge in [0.05, 0.1) is 6.61 Å². The number of hydrogen-bond acceptors (Lipinski definition) is 11. The first-order valence-electron chi connectivity index (χ1n) is 20.9. The minimum Gasteiger partial charge on any atom is -0.356 e. The van der Waals surface area contributed by atoms with Crippen molar-refractivity contribution in [2.75, 3.05) is 33.7 Å². The maximum atomic E-state index is 15.2. The summed E-state index contributed by atoms with van der Waals surface area (Å²) in [6.07, 6.45) is -13.7. The summed E-state index contributed by atoms with van der Waals surface area (Å²) < 4.78 is 184. The molecule has 3 rings (SSSR count). The number of benzene rings is 1. The van der Waals surface area contributed by atoms with Gasteiger partial charge in [-0.05, 0) is 26.7 Å². The van der Waals surface area contributed by atoms with Crippen molar-refractivity contribution in [3.8, 4) is 0 Å². The molecule has 2 heterocycles. The quantitative estimate of drug-likeness (QED) is 0.0330. The Kier molecular flexibility index (Phi) is 22.0. The van der Waals surface area contributed by atoms with E-state index in [0.29, 0.717) is 31.4 Å². The Balaban J connectivity index is 1.50. The maximum Gasteiger partial charge on any atom is 0.460 e. The Labute approximate surface area is 353 Å². The molecule has 12 nitrogen and oxygen atoms in total. The van der Waals surface area contributed by atoms with Gasteiger partial charge in [-0.25, -0.2) is 4.74 Å². The first kappa shape index (κ1) is 53.1. The average Bonchev–Trinajstić information content (AvgIpc) is 3.20. The molecule has 6 atom stereocenters. The van der Waals surface area contributed by atoms with Gasteiger partial charge in [0.2, 0.25) is 5.91 Å². The second kappa shape index (κ2) is 25.3. The van der Waals surface area contributed by atoms with Crippen molar-refractivity contribution in [2.24, 2.45) is 0 Å². The zero-order valence-electron chi connectivity index (χ0n) is 34.9. The molecule has 1 aromatic carbocycles. The zero-order valence-corrected chi connectivity index (χ0v) is 35.7.